The number of ether oxygens (including phenoxy) is 1. The van der Waals surface area contributed by atoms with Gasteiger partial charge in [-0.1, -0.05) is 0 Å². The summed E-state index contributed by atoms with van der Waals surface area (Å²) in [7, 11) is -3.63. The van der Waals surface area contributed by atoms with Crippen LogP contribution < -0.4 is 15.4 Å². The van der Waals surface area contributed by atoms with Crippen LogP contribution >= 0.6 is 0 Å². The van der Waals surface area contributed by atoms with Crippen LogP contribution in [-0.4, -0.2) is 50.9 Å². The summed E-state index contributed by atoms with van der Waals surface area (Å²) in [4.78, 5) is 12.4. The molecule has 0 bridgehead atoms. The number of anilines is 1. The largest absolute Gasteiger partial charge is 0.492 e. The van der Waals surface area contributed by atoms with E-state index in [9.17, 15) is 13.2 Å². The molecule has 0 saturated carbocycles. The maximum absolute atomic E-state index is 12.9. The minimum Gasteiger partial charge on any atom is -0.492 e. The summed E-state index contributed by atoms with van der Waals surface area (Å²) in [6, 6.07) is 4.58. The van der Waals surface area contributed by atoms with Gasteiger partial charge in [0.25, 0.3) is 0 Å². The molecule has 2 saturated heterocycles. The fraction of sp³-hybridized carbons (Fsp3) is 0.588. The third-order valence-electron chi connectivity index (χ3n) is 4.57. The molecule has 1 amide bonds. The third kappa shape index (κ3) is 3.96. The summed E-state index contributed by atoms with van der Waals surface area (Å²) in [5, 5.41) is 5.95. The molecule has 1 aromatic rings. The van der Waals surface area contributed by atoms with E-state index in [0.717, 1.165) is 32.2 Å². The number of amides is 1. The van der Waals surface area contributed by atoms with Gasteiger partial charge in [-0.15, -0.1) is 0 Å². The van der Waals surface area contributed by atoms with Crippen LogP contribution in [0.2, 0.25) is 0 Å². The Kier molecular flexibility index (Phi) is 5.61. The van der Waals surface area contributed by atoms with E-state index in [1.54, 1.807) is 12.1 Å². The molecular formula is C17H25N3O4S. The van der Waals surface area contributed by atoms with Gasteiger partial charge in [-0.25, -0.2) is 8.42 Å². The summed E-state index contributed by atoms with van der Waals surface area (Å²) in [6.07, 6.45) is 3.50. The van der Waals surface area contributed by atoms with Crippen LogP contribution in [0.15, 0.2) is 23.1 Å². The smallest absolute Gasteiger partial charge is 0.246 e. The Hall–Kier alpha value is -1.64. The molecule has 1 atom stereocenters. The van der Waals surface area contributed by atoms with Crippen LogP contribution in [0, 0.1) is 0 Å². The zero-order valence-corrected chi connectivity index (χ0v) is 15.3. The van der Waals surface area contributed by atoms with Crippen LogP contribution in [0.1, 0.15) is 32.6 Å². The van der Waals surface area contributed by atoms with Gasteiger partial charge in [0, 0.05) is 18.8 Å². The normalized spacial score (nSPS) is 21.4. The van der Waals surface area contributed by atoms with Crippen molar-refractivity contribution >= 4 is 21.6 Å². The van der Waals surface area contributed by atoms with Gasteiger partial charge < -0.3 is 15.4 Å². The second kappa shape index (κ2) is 7.72. The number of hydrogen-bond donors (Lipinski definition) is 2. The van der Waals surface area contributed by atoms with Crippen molar-refractivity contribution in [3.63, 3.8) is 0 Å². The summed E-state index contributed by atoms with van der Waals surface area (Å²) in [5.74, 6) is 0.192. The standard InChI is InChI=1S/C17H25N3O4S/c1-2-24-15-8-7-13(19-17(21)14-6-5-9-18-14)12-16(15)25(22,23)20-10-3-4-11-20/h7-8,12,14,18H,2-6,9-11H2,1H3,(H,19,21). The Labute approximate surface area is 148 Å². The summed E-state index contributed by atoms with van der Waals surface area (Å²) in [5.41, 5.74) is 0.472. The van der Waals surface area contributed by atoms with Crippen molar-refractivity contribution in [1.29, 1.82) is 0 Å². The molecule has 1 unspecified atom stereocenters. The lowest BCUT2D eigenvalue weighted by Gasteiger charge is -2.19. The van der Waals surface area contributed by atoms with Crippen LogP contribution in [-0.2, 0) is 14.8 Å². The van der Waals surface area contributed by atoms with Gasteiger partial charge in [0.05, 0.1) is 12.6 Å². The predicted octanol–water partition coefficient (Wildman–Crippen LogP) is 1.56. The minimum atomic E-state index is -3.63. The van der Waals surface area contributed by atoms with Gasteiger partial charge in [-0.2, -0.15) is 4.31 Å². The summed E-state index contributed by atoms with van der Waals surface area (Å²) >= 11 is 0. The number of hydrogen-bond acceptors (Lipinski definition) is 5. The van der Waals surface area contributed by atoms with Crippen molar-refractivity contribution in [2.24, 2.45) is 0 Å². The Morgan fingerprint density at radius 1 is 1.32 bits per heavy atom. The van der Waals surface area contributed by atoms with E-state index in [1.165, 1.54) is 10.4 Å². The molecule has 2 aliphatic heterocycles. The van der Waals surface area contributed by atoms with E-state index in [1.807, 2.05) is 6.92 Å². The fourth-order valence-electron chi connectivity index (χ4n) is 3.27. The Balaban J connectivity index is 1.87. The molecule has 0 radical (unpaired) electrons. The Morgan fingerprint density at radius 3 is 2.72 bits per heavy atom. The van der Waals surface area contributed by atoms with E-state index in [0.29, 0.717) is 31.1 Å². The highest BCUT2D eigenvalue weighted by atomic mass is 32.2. The highest BCUT2D eigenvalue weighted by Gasteiger charge is 2.31. The number of nitrogens with zero attached hydrogens (tertiary/aromatic N) is 1. The van der Waals surface area contributed by atoms with Gasteiger partial charge in [0.15, 0.2) is 0 Å². The number of sulfonamides is 1. The first-order valence-corrected chi connectivity index (χ1v) is 10.3. The lowest BCUT2D eigenvalue weighted by atomic mass is 10.2. The first-order chi connectivity index (χ1) is 12.0. The summed E-state index contributed by atoms with van der Waals surface area (Å²) < 4.78 is 32.9. The van der Waals surface area contributed by atoms with E-state index in [2.05, 4.69) is 10.6 Å². The second-order valence-corrected chi connectivity index (χ2v) is 8.25. The van der Waals surface area contributed by atoms with Gasteiger partial charge >= 0.3 is 0 Å². The number of benzene rings is 1. The summed E-state index contributed by atoms with van der Waals surface area (Å²) in [6.45, 7) is 4.07. The lowest BCUT2D eigenvalue weighted by molar-refractivity contribution is -0.117. The average molecular weight is 367 g/mol. The number of carbonyl (C=O) groups excluding carboxylic acids is 1. The third-order valence-corrected chi connectivity index (χ3v) is 6.49. The maximum Gasteiger partial charge on any atom is 0.246 e. The van der Waals surface area contributed by atoms with Crippen molar-refractivity contribution in [3.8, 4) is 5.75 Å². The van der Waals surface area contributed by atoms with Gasteiger partial charge in [-0.3, -0.25) is 4.79 Å². The lowest BCUT2D eigenvalue weighted by Crippen LogP contribution is -2.35. The molecule has 2 N–H and O–H groups in total. The number of rotatable bonds is 6. The van der Waals surface area contributed by atoms with Gasteiger partial charge in [0.2, 0.25) is 15.9 Å². The van der Waals surface area contributed by atoms with Crippen LogP contribution in [0.3, 0.4) is 0 Å². The molecule has 8 heteroatoms. The monoisotopic (exact) mass is 367 g/mol. The second-order valence-electron chi connectivity index (χ2n) is 6.34. The van der Waals surface area contributed by atoms with E-state index in [4.69, 9.17) is 4.74 Å². The van der Waals surface area contributed by atoms with Crippen LogP contribution in [0.4, 0.5) is 5.69 Å². The van der Waals surface area contributed by atoms with Gasteiger partial charge in [-0.05, 0) is 57.4 Å². The predicted molar refractivity (Wildman–Crippen MR) is 95.3 cm³/mol. The van der Waals surface area contributed by atoms with E-state index >= 15 is 0 Å². The molecule has 0 aliphatic carbocycles. The van der Waals surface area contributed by atoms with Crippen molar-refractivity contribution < 1.29 is 17.9 Å². The van der Waals surface area contributed by atoms with Crippen molar-refractivity contribution in [2.45, 2.75) is 43.5 Å². The topological polar surface area (TPSA) is 87.7 Å². The fourth-order valence-corrected chi connectivity index (χ4v) is 4.94. The molecular weight excluding hydrogens is 342 g/mol. The average Bonchev–Trinajstić information content (AvgIpc) is 3.30. The first kappa shape index (κ1) is 18.2. The SMILES string of the molecule is CCOc1ccc(NC(=O)C2CCCN2)cc1S(=O)(=O)N1CCCC1. The molecule has 2 heterocycles. The quantitative estimate of drug-likeness (QED) is 0.797. The minimum absolute atomic E-state index is 0.119. The molecule has 0 spiro atoms. The van der Waals surface area contributed by atoms with Crippen molar-refractivity contribution in [1.82, 2.24) is 9.62 Å². The van der Waals surface area contributed by atoms with Crippen molar-refractivity contribution in [3.05, 3.63) is 18.2 Å². The molecule has 138 valence electrons. The molecule has 25 heavy (non-hydrogen) atoms. The highest BCUT2D eigenvalue weighted by Crippen LogP contribution is 2.31. The van der Waals surface area contributed by atoms with Crippen molar-refractivity contribution in [2.75, 3.05) is 31.6 Å². The molecule has 3 rings (SSSR count). The first-order valence-electron chi connectivity index (χ1n) is 8.83. The van der Waals surface area contributed by atoms with E-state index < -0.39 is 10.0 Å². The number of nitrogens with one attached hydrogen (secondary N) is 2. The highest BCUT2D eigenvalue weighted by molar-refractivity contribution is 7.89. The zero-order valence-electron chi connectivity index (χ0n) is 14.5. The van der Waals surface area contributed by atoms with E-state index in [-0.39, 0.29) is 16.8 Å². The number of carbonyl (C=O) groups is 1. The molecule has 1 aromatic carbocycles. The molecule has 2 fully saturated rings. The molecule has 0 aromatic heterocycles. The Morgan fingerprint density at radius 2 is 2.08 bits per heavy atom. The Bertz CT molecular complexity index is 723. The van der Waals surface area contributed by atoms with Crippen LogP contribution in [0.5, 0.6) is 5.75 Å². The van der Waals surface area contributed by atoms with Gasteiger partial charge in [0.1, 0.15) is 10.6 Å². The maximum atomic E-state index is 12.9. The molecule has 7 nitrogen and oxygen atoms in total. The van der Waals surface area contributed by atoms with Crippen LogP contribution in [0.25, 0.3) is 0 Å². The zero-order chi connectivity index (χ0) is 17.9. The molecule has 2 aliphatic rings.